The molecule has 0 saturated carbocycles. The van der Waals surface area contributed by atoms with Gasteiger partial charge in [0.1, 0.15) is 18.2 Å². The number of piperidine rings is 1. The number of benzene rings is 3. The van der Waals surface area contributed by atoms with Crippen molar-refractivity contribution in [3.05, 3.63) is 89.2 Å². The largest absolute Gasteiger partial charge is 0.492 e. The first-order valence-corrected chi connectivity index (χ1v) is 12.7. The van der Waals surface area contributed by atoms with Gasteiger partial charge in [0.2, 0.25) is 0 Å². The van der Waals surface area contributed by atoms with E-state index >= 15 is 0 Å². The van der Waals surface area contributed by atoms with Gasteiger partial charge in [0.15, 0.2) is 5.78 Å². The number of rotatable bonds is 7. The van der Waals surface area contributed by atoms with E-state index in [1.807, 2.05) is 55.5 Å². The van der Waals surface area contributed by atoms with Gasteiger partial charge < -0.3 is 4.74 Å². The third kappa shape index (κ3) is 4.91. The summed E-state index contributed by atoms with van der Waals surface area (Å²) in [5.41, 5.74) is 3.34. The van der Waals surface area contributed by atoms with Gasteiger partial charge in [-0.2, -0.15) is 0 Å². The molecule has 1 aliphatic rings. The van der Waals surface area contributed by atoms with E-state index in [2.05, 4.69) is 4.90 Å². The fourth-order valence-electron chi connectivity index (χ4n) is 4.53. The molecule has 0 aliphatic carbocycles. The van der Waals surface area contributed by atoms with E-state index in [1.165, 1.54) is 42.7 Å². The fraction of sp³-hybridized carbons (Fsp3) is 0.276. The maximum absolute atomic E-state index is 13.9. The first-order valence-electron chi connectivity index (χ1n) is 11.9. The van der Waals surface area contributed by atoms with Gasteiger partial charge in [-0.15, -0.1) is 11.3 Å². The Morgan fingerprint density at radius 1 is 0.971 bits per heavy atom. The lowest BCUT2D eigenvalue weighted by Gasteiger charge is -2.26. The normalized spacial score (nSPS) is 14.4. The van der Waals surface area contributed by atoms with Crippen molar-refractivity contribution in [3.8, 4) is 16.2 Å². The molecular formula is C29H28FNO2S. The Balaban J connectivity index is 1.39. The van der Waals surface area contributed by atoms with Crippen LogP contribution in [-0.4, -0.2) is 36.9 Å². The van der Waals surface area contributed by atoms with Crippen molar-refractivity contribution in [2.24, 2.45) is 0 Å². The third-order valence-corrected chi connectivity index (χ3v) is 7.64. The molecule has 174 valence electrons. The molecule has 34 heavy (non-hydrogen) atoms. The Morgan fingerprint density at radius 3 is 2.44 bits per heavy atom. The average molecular weight is 473 g/mol. The summed E-state index contributed by atoms with van der Waals surface area (Å²) in [6.07, 6.45) is 3.86. The predicted octanol–water partition coefficient (Wildman–Crippen LogP) is 7.11. The number of hydrogen-bond donors (Lipinski definition) is 0. The number of carbonyl (C=O) groups excluding carboxylic acids is 1. The predicted molar refractivity (Wildman–Crippen MR) is 138 cm³/mol. The molecular weight excluding hydrogens is 444 g/mol. The van der Waals surface area contributed by atoms with Gasteiger partial charge in [-0.05, 0) is 80.9 Å². The van der Waals surface area contributed by atoms with Crippen LogP contribution in [0, 0.1) is 12.7 Å². The molecule has 1 saturated heterocycles. The highest BCUT2D eigenvalue weighted by molar-refractivity contribution is 7.22. The Labute approximate surface area is 203 Å². The Kier molecular flexibility index (Phi) is 6.75. The van der Waals surface area contributed by atoms with E-state index in [9.17, 15) is 9.18 Å². The first-order chi connectivity index (χ1) is 16.6. The highest BCUT2D eigenvalue weighted by Gasteiger charge is 2.22. The summed E-state index contributed by atoms with van der Waals surface area (Å²) in [7, 11) is 0. The van der Waals surface area contributed by atoms with Crippen LogP contribution in [0.15, 0.2) is 66.7 Å². The number of carbonyl (C=O) groups is 1. The second kappa shape index (κ2) is 10.1. The monoisotopic (exact) mass is 472 g/mol. The molecule has 3 aromatic carbocycles. The highest BCUT2D eigenvalue weighted by Crippen LogP contribution is 2.40. The summed E-state index contributed by atoms with van der Waals surface area (Å²) in [5, 5.41) is 0.786. The van der Waals surface area contributed by atoms with E-state index < -0.39 is 0 Å². The third-order valence-electron chi connectivity index (χ3n) is 6.43. The molecule has 3 nitrogen and oxygen atoms in total. The summed E-state index contributed by atoms with van der Waals surface area (Å²) in [4.78, 5) is 17.0. The van der Waals surface area contributed by atoms with Gasteiger partial charge in [0.05, 0.1) is 0 Å². The molecule has 4 aromatic rings. The standard InChI is InChI=1S/C29H28FNO2S/c1-20-5-7-22(8-6-20)29-27(25-14-11-23(30)19-26(25)34-29)28(32)21-9-12-24(13-10-21)33-18-17-31-15-3-2-4-16-31/h5-14,19H,2-4,15-18H2,1H3/i30-1. The van der Waals surface area contributed by atoms with Crippen LogP contribution in [0.3, 0.4) is 0 Å². The molecule has 0 bridgehead atoms. The lowest BCUT2D eigenvalue weighted by Crippen LogP contribution is -2.33. The minimum absolute atomic E-state index is 0.0618. The van der Waals surface area contributed by atoms with E-state index in [1.54, 1.807) is 6.07 Å². The second-order valence-corrected chi connectivity index (χ2v) is 9.97. The minimum Gasteiger partial charge on any atom is -0.492 e. The van der Waals surface area contributed by atoms with Crippen molar-refractivity contribution in [1.82, 2.24) is 4.90 Å². The second-order valence-electron chi connectivity index (χ2n) is 8.92. The fourth-order valence-corrected chi connectivity index (χ4v) is 5.76. The van der Waals surface area contributed by atoms with E-state index in [4.69, 9.17) is 4.74 Å². The van der Waals surface area contributed by atoms with Crippen molar-refractivity contribution >= 4 is 27.2 Å². The van der Waals surface area contributed by atoms with Crippen LogP contribution in [0.5, 0.6) is 5.75 Å². The van der Waals surface area contributed by atoms with Gasteiger partial charge in [0.25, 0.3) is 0 Å². The topological polar surface area (TPSA) is 29.5 Å². The zero-order valence-electron chi connectivity index (χ0n) is 19.4. The molecule has 0 amide bonds. The number of nitrogens with zero attached hydrogens (tertiary/aromatic N) is 1. The SMILES string of the molecule is Cc1ccc(-c2sc3cc([18F])ccc3c2C(=O)c2ccc(OCCN3CCCCC3)cc2)cc1. The van der Waals surface area contributed by atoms with Crippen LogP contribution >= 0.6 is 11.3 Å². The van der Waals surface area contributed by atoms with E-state index in [0.717, 1.165) is 51.5 Å². The first kappa shape index (κ1) is 22.8. The molecule has 5 rings (SSSR count). The number of aryl methyl sites for hydroxylation is 1. The average Bonchev–Trinajstić information content (AvgIpc) is 3.23. The van der Waals surface area contributed by atoms with Gasteiger partial charge in [-0.1, -0.05) is 36.2 Å². The van der Waals surface area contributed by atoms with Crippen molar-refractivity contribution in [2.45, 2.75) is 26.2 Å². The lowest BCUT2D eigenvalue weighted by molar-refractivity contribution is 0.104. The van der Waals surface area contributed by atoms with Crippen LogP contribution in [0.2, 0.25) is 0 Å². The molecule has 1 fully saturated rings. The molecule has 2 heterocycles. The van der Waals surface area contributed by atoms with Crippen LogP contribution in [0.4, 0.5) is 4.39 Å². The van der Waals surface area contributed by atoms with Gasteiger partial charge in [-0.3, -0.25) is 9.69 Å². The Morgan fingerprint density at radius 2 is 1.71 bits per heavy atom. The summed E-state index contributed by atoms with van der Waals surface area (Å²) >= 11 is 1.46. The summed E-state index contributed by atoms with van der Waals surface area (Å²) < 4.78 is 20.6. The van der Waals surface area contributed by atoms with Crippen LogP contribution in [0.25, 0.3) is 20.5 Å². The summed E-state index contributed by atoms with van der Waals surface area (Å²) in [6.45, 7) is 5.91. The Hall–Kier alpha value is -3.02. The number of likely N-dealkylation sites (tertiary alicyclic amines) is 1. The van der Waals surface area contributed by atoms with Gasteiger partial charge in [0, 0.05) is 32.6 Å². The van der Waals surface area contributed by atoms with E-state index in [-0.39, 0.29) is 11.6 Å². The number of fused-ring (bicyclic) bond motifs is 1. The molecule has 0 N–H and O–H groups in total. The van der Waals surface area contributed by atoms with Gasteiger partial charge in [-0.25, -0.2) is 4.39 Å². The van der Waals surface area contributed by atoms with Crippen LogP contribution in [-0.2, 0) is 0 Å². The maximum atomic E-state index is 13.9. The number of thiophene rings is 1. The minimum atomic E-state index is -0.297. The van der Waals surface area contributed by atoms with Crippen molar-refractivity contribution in [1.29, 1.82) is 0 Å². The highest BCUT2D eigenvalue weighted by atomic mass is 32.1. The molecule has 0 spiro atoms. The molecule has 1 aliphatic heterocycles. The van der Waals surface area contributed by atoms with E-state index in [0.29, 0.717) is 17.7 Å². The lowest BCUT2D eigenvalue weighted by atomic mass is 9.97. The summed E-state index contributed by atoms with van der Waals surface area (Å²) in [5.74, 6) is 0.409. The quantitative estimate of drug-likeness (QED) is 0.268. The number of ketones is 1. The van der Waals surface area contributed by atoms with Crippen molar-refractivity contribution < 1.29 is 13.9 Å². The number of hydrogen-bond acceptors (Lipinski definition) is 4. The molecule has 0 radical (unpaired) electrons. The zero-order valence-corrected chi connectivity index (χ0v) is 20.2. The van der Waals surface area contributed by atoms with Gasteiger partial charge >= 0.3 is 0 Å². The molecule has 5 heteroatoms. The maximum Gasteiger partial charge on any atom is 0.195 e. The summed E-state index contributed by atoms with van der Waals surface area (Å²) in [6, 6.07) is 20.1. The number of halogens is 1. The van der Waals surface area contributed by atoms with Crippen molar-refractivity contribution in [2.75, 3.05) is 26.2 Å². The van der Waals surface area contributed by atoms with Crippen LogP contribution < -0.4 is 4.74 Å². The smallest absolute Gasteiger partial charge is 0.195 e. The molecule has 0 atom stereocenters. The van der Waals surface area contributed by atoms with Crippen LogP contribution in [0.1, 0.15) is 40.7 Å². The number of ether oxygens (including phenoxy) is 1. The van der Waals surface area contributed by atoms with Crippen molar-refractivity contribution in [3.63, 3.8) is 0 Å². The molecule has 0 unspecified atom stereocenters. The Bertz CT molecular complexity index is 1290. The molecule has 1 aromatic heterocycles. The zero-order chi connectivity index (χ0) is 23.5.